The van der Waals surface area contributed by atoms with Gasteiger partial charge in [0.2, 0.25) is 0 Å². The fraction of sp³-hybridized carbons (Fsp3) is 1.00. The number of rotatable bonds is 8. The monoisotopic (exact) mass is 506 g/mol. The van der Waals surface area contributed by atoms with Crippen LogP contribution in [0.4, 0.5) is 0 Å². The summed E-state index contributed by atoms with van der Waals surface area (Å²) in [4.78, 5) is 0. The highest BCUT2D eigenvalue weighted by molar-refractivity contribution is 4.95. The molecule has 4 fully saturated rings. The van der Waals surface area contributed by atoms with Crippen molar-refractivity contribution in [3.63, 3.8) is 0 Å². The number of ether oxygens (including phenoxy) is 10. The number of hydrogen-bond acceptors (Lipinski definition) is 10. The average molecular weight is 507 g/mol. The minimum Gasteiger partial charge on any atom is -0.384 e. The topological polar surface area (TPSA) is 92.3 Å². The van der Waals surface area contributed by atoms with Gasteiger partial charge in [0.05, 0.1) is 58.3 Å². The molecule has 0 aromatic heterocycles. The molecule has 0 bridgehead atoms. The Hall–Kier alpha value is -0.400. The molecule has 10 nitrogen and oxygen atoms in total. The van der Waals surface area contributed by atoms with E-state index in [1.54, 1.807) is 28.4 Å². The first kappa shape index (κ1) is 29.2. The SMILES string of the molecule is COC1COC2C(OC)COC12.COCC(C)(C)C1OCC2(CO1)COC(C(C)(C)COC)OC2. The van der Waals surface area contributed by atoms with E-state index in [1.807, 2.05) is 0 Å². The Balaban J connectivity index is 0.000000237. The van der Waals surface area contributed by atoms with E-state index in [4.69, 9.17) is 47.4 Å². The predicted molar refractivity (Wildman–Crippen MR) is 126 cm³/mol. The second-order valence-corrected chi connectivity index (χ2v) is 11.4. The molecule has 35 heavy (non-hydrogen) atoms. The summed E-state index contributed by atoms with van der Waals surface area (Å²) in [6.07, 6.45) is -0.239. The van der Waals surface area contributed by atoms with E-state index < -0.39 is 0 Å². The van der Waals surface area contributed by atoms with Crippen molar-refractivity contribution in [1.29, 1.82) is 0 Å². The molecule has 4 rings (SSSR count). The van der Waals surface area contributed by atoms with Crippen LogP contribution in [-0.2, 0) is 47.4 Å². The van der Waals surface area contributed by atoms with Gasteiger partial charge in [0.15, 0.2) is 12.6 Å². The fourth-order valence-electron chi connectivity index (χ4n) is 4.97. The second kappa shape index (κ2) is 12.4. The number of hydrogen-bond donors (Lipinski definition) is 0. The van der Waals surface area contributed by atoms with E-state index in [2.05, 4.69) is 27.7 Å². The first-order valence-electron chi connectivity index (χ1n) is 12.3. The highest BCUT2D eigenvalue weighted by Gasteiger charge is 2.49. The lowest BCUT2D eigenvalue weighted by Gasteiger charge is -2.48. The van der Waals surface area contributed by atoms with Crippen molar-refractivity contribution in [2.24, 2.45) is 16.2 Å². The Kier molecular flexibility index (Phi) is 10.4. The first-order chi connectivity index (χ1) is 16.6. The van der Waals surface area contributed by atoms with Gasteiger partial charge >= 0.3 is 0 Å². The summed E-state index contributed by atoms with van der Waals surface area (Å²) in [5.41, 5.74) is -0.592. The lowest BCUT2D eigenvalue weighted by molar-refractivity contribution is -0.337. The van der Waals surface area contributed by atoms with Gasteiger partial charge in [-0.1, -0.05) is 27.7 Å². The third kappa shape index (κ3) is 6.93. The molecule has 4 heterocycles. The molecule has 0 radical (unpaired) electrons. The van der Waals surface area contributed by atoms with Gasteiger partial charge in [-0.05, 0) is 0 Å². The lowest BCUT2D eigenvalue weighted by atomic mass is 9.86. The zero-order chi connectivity index (χ0) is 25.7. The van der Waals surface area contributed by atoms with Crippen LogP contribution in [0, 0.1) is 16.2 Å². The van der Waals surface area contributed by atoms with Crippen LogP contribution >= 0.6 is 0 Å². The van der Waals surface area contributed by atoms with Gasteiger partial charge in [-0.2, -0.15) is 0 Å². The molecule has 206 valence electrons. The highest BCUT2D eigenvalue weighted by atomic mass is 16.7. The second-order valence-electron chi connectivity index (χ2n) is 11.4. The van der Waals surface area contributed by atoms with Crippen LogP contribution in [0.1, 0.15) is 27.7 Å². The van der Waals surface area contributed by atoms with Gasteiger partial charge in [0, 0.05) is 39.3 Å². The van der Waals surface area contributed by atoms with Gasteiger partial charge < -0.3 is 47.4 Å². The quantitative estimate of drug-likeness (QED) is 0.486. The Labute approximate surface area is 210 Å². The third-order valence-corrected chi connectivity index (χ3v) is 7.04. The van der Waals surface area contributed by atoms with Crippen molar-refractivity contribution in [3.8, 4) is 0 Å². The highest BCUT2D eigenvalue weighted by Crippen LogP contribution is 2.38. The van der Waals surface area contributed by atoms with Gasteiger partial charge in [-0.15, -0.1) is 0 Å². The maximum atomic E-state index is 5.97. The molecule has 0 aromatic carbocycles. The Bertz CT molecular complexity index is 568. The van der Waals surface area contributed by atoms with Crippen LogP contribution < -0.4 is 0 Å². The van der Waals surface area contributed by atoms with Crippen molar-refractivity contribution < 1.29 is 47.4 Å². The Morgan fingerprint density at radius 1 is 0.600 bits per heavy atom. The Morgan fingerprint density at radius 2 is 0.943 bits per heavy atom. The van der Waals surface area contributed by atoms with Gasteiger partial charge in [-0.3, -0.25) is 0 Å². The average Bonchev–Trinajstić information content (AvgIpc) is 3.42. The van der Waals surface area contributed by atoms with Crippen molar-refractivity contribution in [1.82, 2.24) is 0 Å². The van der Waals surface area contributed by atoms with Crippen LogP contribution in [0.2, 0.25) is 0 Å². The summed E-state index contributed by atoms with van der Waals surface area (Å²) in [6.45, 7) is 13.0. The standard InChI is InChI=1S/C17H32O6.C8H14O4/c1-15(2,7-18-5)13-20-9-17(10-21-13)11-22-14(23-12-17)16(3,4)8-19-6;1-9-5-3-11-8-6(10-2)4-12-7(5)8/h13-14H,7-12H2,1-6H3;5-8H,3-4H2,1-2H3. The third-order valence-electron chi connectivity index (χ3n) is 7.04. The molecule has 0 N–H and O–H groups in total. The molecule has 1 spiro atoms. The Morgan fingerprint density at radius 3 is 1.23 bits per heavy atom. The van der Waals surface area contributed by atoms with Crippen LogP contribution in [0.15, 0.2) is 0 Å². The summed E-state index contributed by atoms with van der Waals surface area (Å²) in [5.74, 6) is 0. The summed E-state index contributed by atoms with van der Waals surface area (Å²) in [5, 5.41) is 0. The molecule has 4 atom stereocenters. The van der Waals surface area contributed by atoms with Crippen LogP contribution in [0.25, 0.3) is 0 Å². The predicted octanol–water partition coefficient (Wildman–Crippen LogP) is 1.88. The number of methoxy groups -OCH3 is 4. The maximum absolute atomic E-state index is 5.97. The maximum Gasteiger partial charge on any atom is 0.164 e. The van der Waals surface area contributed by atoms with Crippen LogP contribution in [0.3, 0.4) is 0 Å². The van der Waals surface area contributed by atoms with E-state index in [9.17, 15) is 0 Å². The van der Waals surface area contributed by atoms with E-state index >= 15 is 0 Å². The molecule has 0 aromatic rings. The van der Waals surface area contributed by atoms with Crippen LogP contribution in [-0.4, -0.2) is 118 Å². The van der Waals surface area contributed by atoms with Crippen molar-refractivity contribution in [2.75, 3.05) is 81.3 Å². The normalized spacial score (nSPS) is 37.7. The molecule has 0 aliphatic carbocycles. The first-order valence-corrected chi connectivity index (χ1v) is 12.3. The molecule has 4 saturated heterocycles. The minimum absolute atomic E-state index is 0.0694. The summed E-state index contributed by atoms with van der Waals surface area (Å²) < 4.78 is 55.8. The smallest absolute Gasteiger partial charge is 0.164 e. The van der Waals surface area contributed by atoms with E-state index in [-0.39, 0.29) is 53.2 Å². The zero-order valence-corrected chi connectivity index (χ0v) is 22.7. The fourth-order valence-corrected chi connectivity index (χ4v) is 4.97. The van der Waals surface area contributed by atoms with Gasteiger partial charge in [-0.25, -0.2) is 0 Å². The summed E-state index contributed by atoms with van der Waals surface area (Å²) >= 11 is 0. The minimum atomic E-state index is -0.268. The summed E-state index contributed by atoms with van der Waals surface area (Å²) in [7, 11) is 6.74. The molecule has 4 aliphatic heterocycles. The molecule has 0 amide bonds. The molecular formula is C25H46O10. The molecular weight excluding hydrogens is 460 g/mol. The molecule has 4 unspecified atom stereocenters. The van der Waals surface area contributed by atoms with E-state index in [0.29, 0.717) is 52.9 Å². The number of fused-ring (bicyclic) bond motifs is 1. The largest absolute Gasteiger partial charge is 0.384 e. The van der Waals surface area contributed by atoms with E-state index in [1.165, 1.54) is 0 Å². The zero-order valence-electron chi connectivity index (χ0n) is 22.7. The van der Waals surface area contributed by atoms with Crippen LogP contribution in [0.5, 0.6) is 0 Å². The molecule has 4 aliphatic rings. The van der Waals surface area contributed by atoms with Crippen molar-refractivity contribution in [2.45, 2.75) is 64.7 Å². The van der Waals surface area contributed by atoms with Crippen molar-refractivity contribution >= 4 is 0 Å². The lowest BCUT2D eigenvalue weighted by Crippen LogP contribution is -2.57. The molecule has 0 saturated carbocycles. The van der Waals surface area contributed by atoms with Gasteiger partial charge in [0.25, 0.3) is 0 Å². The molecule has 10 heteroatoms. The van der Waals surface area contributed by atoms with Gasteiger partial charge in [0.1, 0.15) is 24.4 Å². The van der Waals surface area contributed by atoms with Crippen molar-refractivity contribution in [3.05, 3.63) is 0 Å². The van der Waals surface area contributed by atoms with E-state index in [0.717, 1.165) is 0 Å². The summed E-state index contributed by atoms with van der Waals surface area (Å²) in [6, 6.07) is 0.